The van der Waals surface area contributed by atoms with Gasteiger partial charge in [-0.25, -0.2) is 8.42 Å². The zero-order valence-corrected chi connectivity index (χ0v) is 19.4. The van der Waals surface area contributed by atoms with Gasteiger partial charge in [-0.3, -0.25) is 9.10 Å². The fraction of sp³-hybridized carbons (Fsp3) is 0.409. The molecule has 2 atom stereocenters. The first kappa shape index (κ1) is 23.2. The number of carbonyl (C=O) groups is 1. The Morgan fingerprint density at radius 2 is 1.69 bits per heavy atom. The molecule has 0 spiro atoms. The number of nitrogens with one attached hydrogen (secondary N) is 1. The number of carbonyl (C=O) groups excluding carboxylic acids is 1. The molecule has 0 bridgehead atoms. The molecule has 0 radical (unpaired) electrons. The van der Waals surface area contributed by atoms with Gasteiger partial charge in [0.15, 0.2) is 0 Å². The van der Waals surface area contributed by atoms with Crippen molar-refractivity contribution in [3.8, 4) is 0 Å². The molecule has 0 saturated heterocycles. The summed E-state index contributed by atoms with van der Waals surface area (Å²) in [7, 11) is -3.71. The van der Waals surface area contributed by atoms with Crippen molar-refractivity contribution in [1.29, 1.82) is 0 Å². The molecule has 1 amide bonds. The highest BCUT2D eigenvalue weighted by molar-refractivity contribution is 7.92. The van der Waals surface area contributed by atoms with Crippen LogP contribution in [-0.4, -0.2) is 26.6 Å². The van der Waals surface area contributed by atoms with Crippen LogP contribution in [0.1, 0.15) is 48.6 Å². The second-order valence-electron chi connectivity index (χ2n) is 7.49. The first-order valence-electron chi connectivity index (χ1n) is 9.58. The molecule has 2 aromatic carbocycles. The average Bonchev–Trinajstić information content (AvgIpc) is 2.62. The molecule has 0 aliphatic heterocycles. The summed E-state index contributed by atoms with van der Waals surface area (Å²) in [4.78, 5) is 13.1. The van der Waals surface area contributed by atoms with Crippen LogP contribution in [0.4, 0.5) is 5.69 Å². The summed E-state index contributed by atoms with van der Waals surface area (Å²) >= 11 is 6.11. The normalized spacial score (nSPS) is 13.6. The molecule has 1 N–H and O–H groups in total. The van der Waals surface area contributed by atoms with Crippen LogP contribution in [0.15, 0.2) is 36.4 Å². The van der Waals surface area contributed by atoms with Crippen LogP contribution in [0.5, 0.6) is 0 Å². The van der Waals surface area contributed by atoms with Gasteiger partial charge in [-0.15, -0.1) is 0 Å². The Balaban J connectivity index is 2.38. The predicted molar refractivity (Wildman–Crippen MR) is 120 cm³/mol. The van der Waals surface area contributed by atoms with Gasteiger partial charge >= 0.3 is 0 Å². The van der Waals surface area contributed by atoms with Crippen molar-refractivity contribution in [1.82, 2.24) is 5.32 Å². The number of hydrogen-bond acceptors (Lipinski definition) is 3. The van der Waals surface area contributed by atoms with Gasteiger partial charge in [0.2, 0.25) is 15.9 Å². The van der Waals surface area contributed by atoms with Crippen molar-refractivity contribution >= 4 is 33.2 Å². The first-order chi connectivity index (χ1) is 13.5. The third-order valence-corrected chi connectivity index (χ3v) is 6.53. The van der Waals surface area contributed by atoms with Crippen molar-refractivity contribution in [2.24, 2.45) is 0 Å². The van der Waals surface area contributed by atoms with Crippen LogP contribution in [0, 0.1) is 20.8 Å². The third-order valence-electron chi connectivity index (χ3n) is 5.13. The van der Waals surface area contributed by atoms with Crippen LogP contribution in [0.25, 0.3) is 0 Å². The lowest BCUT2D eigenvalue weighted by atomic mass is 10.0. The van der Waals surface area contributed by atoms with Crippen molar-refractivity contribution in [3.05, 3.63) is 63.7 Å². The molecule has 0 unspecified atom stereocenters. The lowest BCUT2D eigenvalue weighted by Crippen LogP contribution is -2.50. The molecule has 2 aromatic rings. The van der Waals surface area contributed by atoms with E-state index in [1.165, 1.54) is 9.87 Å². The van der Waals surface area contributed by atoms with Gasteiger partial charge in [-0.05, 0) is 68.5 Å². The maximum absolute atomic E-state index is 13.1. The van der Waals surface area contributed by atoms with Crippen LogP contribution in [0.2, 0.25) is 5.02 Å². The molecule has 29 heavy (non-hydrogen) atoms. The Bertz CT molecular complexity index is 1010. The van der Waals surface area contributed by atoms with Crippen molar-refractivity contribution in [3.63, 3.8) is 0 Å². The zero-order valence-electron chi connectivity index (χ0n) is 17.8. The van der Waals surface area contributed by atoms with E-state index in [0.29, 0.717) is 17.1 Å². The second-order valence-corrected chi connectivity index (χ2v) is 9.78. The molecule has 158 valence electrons. The molecule has 7 heteroatoms. The van der Waals surface area contributed by atoms with Gasteiger partial charge in [0.25, 0.3) is 0 Å². The van der Waals surface area contributed by atoms with Crippen LogP contribution in [0.3, 0.4) is 0 Å². The van der Waals surface area contributed by atoms with Crippen molar-refractivity contribution in [2.45, 2.75) is 53.1 Å². The number of nitrogens with zero attached hydrogens (tertiary/aromatic N) is 1. The SMILES string of the molecule is CC[C@H](C(=O)N[C@H](C)c1ccc(C)c(C)c1)N(c1cc(Cl)ccc1C)S(C)(=O)=O. The molecular formula is C22H29ClN2O3S. The number of anilines is 1. The Kier molecular flexibility index (Phi) is 7.35. The second kappa shape index (κ2) is 9.18. The molecule has 0 aliphatic carbocycles. The molecular weight excluding hydrogens is 408 g/mol. The van der Waals surface area contributed by atoms with Crippen molar-refractivity contribution < 1.29 is 13.2 Å². The minimum absolute atomic E-state index is 0.252. The van der Waals surface area contributed by atoms with E-state index >= 15 is 0 Å². The highest BCUT2D eigenvalue weighted by Gasteiger charge is 2.33. The number of rotatable bonds is 7. The van der Waals surface area contributed by atoms with Gasteiger partial charge in [-0.1, -0.05) is 42.8 Å². The quantitative estimate of drug-likeness (QED) is 0.684. The van der Waals surface area contributed by atoms with Gasteiger partial charge in [0, 0.05) is 5.02 Å². The summed E-state index contributed by atoms with van der Waals surface area (Å²) < 4.78 is 26.5. The summed E-state index contributed by atoms with van der Waals surface area (Å²) in [5.41, 5.74) is 4.44. The van der Waals surface area contributed by atoms with Crippen LogP contribution in [-0.2, 0) is 14.8 Å². The predicted octanol–water partition coefficient (Wildman–Crippen LogP) is 4.69. The van der Waals surface area contributed by atoms with Crippen LogP contribution < -0.4 is 9.62 Å². The number of benzene rings is 2. The molecule has 0 fully saturated rings. The third kappa shape index (κ3) is 5.52. The molecule has 0 aromatic heterocycles. The highest BCUT2D eigenvalue weighted by atomic mass is 35.5. The largest absolute Gasteiger partial charge is 0.348 e. The van der Waals surface area contributed by atoms with E-state index in [2.05, 4.69) is 5.32 Å². The minimum atomic E-state index is -3.71. The molecule has 0 aliphatic rings. The fourth-order valence-electron chi connectivity index (χ4n) is 3.28. The molecule has 0 heterocycles. The number of hydrogen-bond donors (Lipinski definition) is 1. The zero-order chi connectivity index (χ0) is 21.9. The number of halogens is 1. The Labute approximate surface area is 179 Å². The lowest BCUT2D eigenvalue weighted by Gasteiger charge is -2.32. The summed E-state index contributed by atoms with van der Waals surface area (Å²) in [6.07, 6.45) is 1.43. The number of aryl methyl sites for hydroxylation is 3. The Morgan fingerprint density at radius 1 is 1.07 bits per heavy atom. The topological polar surface area (TPSA) is 66.5 Å². The van der Waals surface area contributed by atoms with E-state index in [1.807, 2.05) is 39.0 Å². The smallest absolute Gasteiger partial charge is 0.244 e. The minimum Gasteiger partial charge on any atom is -0.348 e. The van der Waals surface area contributed by atoms with E-state index < -0.39 is 16.1 Å². The highest BCUT2D eigenvalue weighted by Crippen LogP contribution is 2.29. The van der Waals surface area contributed by atoms with E-state index in [9.17, 15) is 13.2 Å². The van der Waals surface area contributed by atoms with E-state index in [1.54, 1.807) is 32.0 Å². The van der Waals surface area contributed by atoms with Gasteiger partial charge in [0.05, 0.1) is 18.0 Å². The van der Waals surface area contributed by atoms with Gasteiger partial charge < -0.3 is 5.32 Å². The van der Waals surface area contributed by atoms with E-state index in [-0.39, 0.29) is 11.9 Å². The first-order valence-corrected chi connectivity index (χ1v) is 11.8. The monoisotopic (exact) mass is 436 g/mol. The summed E-state index contributed by atoms with van der Waals surface area (Å²) in [5, 5.41) is 3.39. The van der Waals surface area contributed by atoms with E-state index in [0.717, 1.165) is 22.9 Å². The summed E-state index contributed by atoms with van der Waals surface area (Å²) in [6, 6.07) is 9.93. The maximum atomic E-state index is 13.1. The molecule has 0 saturated carbocycles. The molecule has 2 rings (SSSR count). The van der Waals surface area contributed by atoms with Crippen LogP contribution >= 0.6 is 11.6 Å². The Morgan fingerprint density at radius 3 is 2.24 bits per heavy atom. The van der Waals surface area contributed by atoms with Crippen molar-refractivity contribution in [2.75, 3.05) is 10.6 Å². The van der Waals surface area contributed by atoms with Gasteiger partial charge in [0.1, 0.15) is 6.04 Å². The fourth-order valence-corrected chi connectivity index (χ4v) is 4.71. The number of sulfonamides is 1. The van der Waals surface area contributed by atoms with E-state index in [4.69, 9.17) is 11.6 Å². The Hall–Kier alpha value is -2.05. The average molecular weight is 437 g/mol. The maximum Gasteiger partial charge on any atom is 0.244 e. The standard InChI is InChI=1S/C22H29ClN2O3S/c1-7-20(22(26)24-17(5)18-10-8-14(2)16(4)12-18)25(29(6,27)28)21-13-19(23)11-9-15(21)3/h8-13,17,20H,7H2,1-6H3,(H,24,26)/t17-,20-/m1/s1. The van der Waals surface area contributed by atoms with Gasteiger partial charge in [-0.2, -0.15) is 0 Å². The lowest BCUT2D eigenvalue weighted by molar-refractivity contribution is -0.122. The summed E-state index contributed by atoms with van der Waals surface area (Å²) in [6.45, 7) is 9.54. The molecule has 5 nitrogen and oxygen atoms in total. The number of amides is 1. The summed E-state index contributed by atoms with van der Waals surface area (Å²) in [5.74, 6) is -0.344.